The van der Waals surface area contributed by atoms with Crippen LogP contribution in [-0.2, 0) is 5.54 Å². The summed E-state index contributed by atoms with van der Waals surface area (Å²) in [5.74, 6) is 0.634. The highest BCUT2D eigenvalue weighted by Crippen LogP contribution is 2.41. The molecule has 1 amide bonds. The van der Waals surface area contributed by atoms with Crippen molar-refractivity contribution in [2.24, 2.45) is 0 Å². The summed E-state index contributed by atoms with van der Waals surface area (Å²) in [5.41, 5.74) is 3.44. The molecule has 3 aromatic rings. The fraction of sp³-hybridized carbons (Fsp3) is 0.455. The normalized spacial score (nSPS) is 14.2. The summed E-state index contributed by atoms with van der Waals surface area (Å²) in [6, 6.07) is 5.49. The van der Waals surface area contributed by atoms with E-state index in [0.29, 0.717) is 29.7 Å². The number of aryl methyl sites for hydroxylation is 1. The zero-order valence-electron chi connectivity index (χ0n) is 17.6. The van der Waals surface area contributed by atoms with E-state index in [0.717, 1.165) is 35.3 Å². The van der Waals surface area contributed by atoms with Gasteiger partial charge >= 0.3 is 0 Å². The summed E-state index contributed by atoms with van der Waals surface area (Å²) < 4.78 is 7.48. The molecule has 7 nitrogen and oxygen atoms in total. The van der Waals surface area contributed by atoms with Crippen LogP contribution in [0.25, 0.3) is 11.0 Å². The van der Waals surface area contributed by atoms with Crippen LogP contribution in [0, 0.1) is 6.92 Å². The largest absolute Gasteiger partial charge is 0.476 e. The van der Waals surface area contributed by atoms with E-state index >= 15 is 0 Å². The number of nitrogens with one attached hydrogen (secondary N) is 1. The smallest absolute Gasteiger partial charge is 0.256 e. The maximum absolute atomic E-state index is 13.3. The van der Waals surface area contributed by atoms with Crippen molar-refractivity contribution in [3.63, 3.8) is 0 Å². The van der Waals surface area contributed by atoms with Crippen molar-refractivity contribution in [2.45, 2.75) is 58.9 Å². The molecule has 0 spiro atoms. The van der Waals surface area contributed by atoms with Crippen LogP contribution < -0.4 is 10.1 Å². The lowest BCUT2D eigenvalue weighted by Crippen LogP contribution is -2.24. The van der Waals surface area contributed by atoms with Gasteiger partial charge in [0.15, 0.2) is 5.65 Å². The molecule has 0 radical (unpaired) electrons. The molecule has 29 heavy (non-hydrogen) atoms. The lowest BCUT2D eigenvalue weighted by atomic mass is 10.1. The molecule has 1 aliphatic carbocycles. The van der Waals surface area contributed by atoms with Gasteiger partial charge in [-0.3, -0.25) is 4.79 Å². The number of amides is 1. The topological polar surface area (TPSA) is 81.9 Å². The monoisotopic (exact) mass is 393 g/mol. The number of aromatic nitrogens is 4. The number of carbonyl (C=O) groups excluding carboxylic acids is 1. The fourth-order valence-electron chi connectivity index (χ4n) is 3.47. The molecule has 152 valence electrons. The van der Waals surface area contributed by atoms with Crippen molar-refractivity contribution in [3.8, 4) is 5.88 Å². The first-order chi connectivity index (χ1) is 13.8. The summed E-state index contributed by atoms with van der Waals surface area (Å²) >= 11 is 0. The molecule has 3 aromatic heterocycles. The summed E-state index contributed by atoms with van der Waals surface area (Å²) in [6.45, 7) is 10.6. The Morgan fingerprint density at radius 3 is 2.76 bits per heavy atom. The molecule has 0 atom stereocenters. The Bertz CT molecular complexity index is 1080. The van der Waals surface area contributed by atoms with Gasteiger partial charge in [-0.2, -0.15) is 5.10 Å². The van der Waals surface area contributed by atoms with Crippen LogP contribution in [0.3, 0.4) is 0 Å². The van der Waals surface area contributed by atoms with Gasteiger partial charge in [0.05, 0.1) is 28.8 Å². The molecule has 0 aliphatic heterocycles. The average Bonchev–Trinajstić information content (AvgIpc) is 3.46. The first-order valence-corrected chi connectivity index (χ1v) is 10.1. The van der Waals surface area contributed by atoms with E-state index in [4.69, 9.17) is 14.8 Å². The minimum Gasteiger partial charge on any atom is -0.476 e. The van der Waals surface area contributed by atoms with Gasteiger partial charge in [-0.05, 0) is 65.7 Å². The minimum atomic E-state index is -0.235. The Hall–Kier alpha value is -2.96. The zero-order chi connectivity index (χ0) is 20.8. The molecule has 3 heterocycles. The van der Waals surface area contributed by atoms with E-state index in [1.54, 1.807) is 18.3 Å². The third-order valence-electron chi connectivity index (χ3n) is 5.01. The highest BCUT2D eigenvalue weighted by Gasteiger charge is 2.30. The molecular weight excluding hydrogens is 366 g/mol. The van der Waals surface area contributed by atoms with Crippen LogP contribution in [0.1, 0.15) is 68.2 Å². The molecule has 1 aliphatic rings. The number of rotatable bonds is 5. The molecule has 0 saturated heterocycles. The third-order valence-corrected chi connectivity index (χ3v) is 5.01. The Morgan fingerprint density at radius 1 is 1.34 bits per heavy atom. The second-order valence-corrected chi connectivity index (χ2v) is 8.48. The molecule has 0 aromatic carbocycles. The number of carbonyl (C=O) groups is 1. The van der Waals surface area contributed by atoms with E-state index in [-0.39, 0.29) is 11.4 Å². The molecular formula is C22H27N5O2. The van der Waals surface area contributed by atoms with Crippen LogP contribution in [0.4, 0.5) is 5.69 Å². The lowest BCUT2D eigenvalue weighted by Gasteiger charge is -2.20. The van der Waals surface area contributed by atoms with E-state index < -0.39 is 0 Å². The van der Waals surface area contributed by atoms with Gasteiger partial charge < -0.3 is 10.1 Å². The van der Waals surface area contributed by atoms with Gasteiger partial charge in [-0.25, -0.2) is 14.6 Å². The van der Waals surface area contributed by atoms with Gasteiger partial charge in [0.2, 0.25) is 5.88 Å². The summed E-state index contributed by atoms with van der Waals surface area (Å²) in [5, 5.41) is 8.49. The minimum absolute atomic E-state index is 0.204. The van der Waals surface area contributed by atoms with Crippen LogP contribution in [0.2, 0.25) is 0 Å². The second-order valence-electron chi connectivity index (χ2n) is 8.48. The van der Waals surface area contributed by atoms with Gasteiger partial charge in [-0.15, -0.1) is 0 Å². The van der Waals surface area contributed by atoms with Gasteiger partial charge in [0.1, 0.15) is 5.69 Å². The third kappa shape index (κ3) is 3.69. The Balaban J connectivity index is 1.82. The van der Waals surface area contributed by atoms with Crippen LogP contribution >= 0.6 is 0 Å². The fourth-order valence-corrected chi connectivity index (χ4v) is 3.47. The van der Waals surface area contributed by atoms with Crippen LogP contribution in [0.5, 0.6) is 5.88 Å². The van der Waals surface area contributed by atoms with Crippen molar-refractivity contribution in [1.82, 2.24) is 19.7 Å². The molecule has 1 N–H and O–H groups in total. The van der Waals surface area contributed by atoms with Crippen molar-refractivity contribution in [3.05, 3.63) is 41.3 Å². The molecule has 4 rings (SSSR count). The van der Waals surface area contributed by atoms with Crippen LogP contribution in [-0.4, -0.2) is 32.3 Å². The highest BCUT2D eigenvalue weighted by atomic mass is 16.5. The van der Waals surface area contributed by atoms with E-state index in [1.807, 2.05) is 24.6 Å². The molecule has 0 bridgehead atoms. The maximum atomic E-state index is 13.3. The van der Waals surface area contributed by atoms with E-state index in [9.17, 15) is 4.79 Å². The Labute approximate surface area is 170 Å². The predicted molar refractivity (Wildman–Crippen MR) is 113 cm³/mol. The predicted octanol–water partition coefficient (Wildman–Crippen LogP) is 4.42. The van der Waals surface area contributed by atoms with E-state index in [2.05, 4.69) is 31.1 Å². The number of hydrogen-bond acceptors (Lipinski definition) is 5. The molecule has 0 unspecified atom stereocenters. The number of hydrogen-bond donors (Lipinski definition) is 1. The zero-order valence-corrected chi connectivity index (χ0v) is 17.6. The highest BCUT2D eigenvalue weighted by molar-refractivity contribution is 6.13. The van der Waals surface area contributed by atoms with Gasteiger partial charge in [-0.1, -0.05) is 0 Å². The van der Waals surface area contributed by atoms with Gasteiger partial charge in [0.25, 0.3) is 5.91 Å². The summed E-state index contributed by atoms with van der Waals surface area (Å²) in [6.07, 6.45) is 3.87. The standard InChI is InChI=1S/C22H27N5O2/c1-6-29-21-16(8-7-11-23-21)25-20(28)15-12-17(14-9-10-14)24-19-18(15)13(2)26-27(19)22(3,4)5/h7-8,11-12,14H,6,9-10H2,1-5H3,(H,25,28). The Morgan fingerprint density at radius 2 is 2.10 bits per heavy atom. The first-order valence-electron chi connectivity index (χ1n) is 10.1. The number of anilines is 1. The van der Waals surface area contributed by atoms with Crippen molar-refractivity contribution < 1.29 is 9.53 Å². The average molecular weight is 393 g/mol. The maximum Gasteiger partial charge on any atom is 0.256 e. The number of ether oxygens (including phenoxy) is 1. The van der Waals surface area contributed by atoms with Crippen molar-refractivity contribution in [1.29, 1.82) is 0 Å². The van der Waals surface area contributed by atoms with Crippen molar-refractivity contribution >= 4 is 22.6 Å². The van der Waals surface area contributed by atoms with Gasteiger partial charge in [0, 0.05) is 17.8 Å². The number of pyridine rings is 2. The molecule has 7 heteroatoms. The number of fused-ring (bicyclic) bond motifs is 1. The first kappa shape index (κ1) is 19.4. The van der Waals surface area contributed by atoms with E-state index in [1.165, 1.54) is 0 Å². The molecule has 1 fully saturated rings. The van der Waals surface area contributed by atoms with Crippen LogP contribution in [0.15, 0.2) is 24.4 Å². The Kier molecular flexibility index (Phi) is 4.76. The van der Waals surface area contributed by atoms with Crippen molar-refractivity contribution in [2.75, 3.05) is 11.9 Å². The lowest BCUT2D eigenvalue weighted by molar-refractivity contribution is 0.102. The summed E-state index contributed by atoms with van der Waals surface area (Å²) in [7, 11) is 0. The SMILES string of the molecule is CCOc1ncccc1NC(=O)c1cc(C2CC2)nc2c1c(C)nn2C(C)(C)C. The quantitative estimate of drug-likeness (QED) is 0.694. The second kappa shape index (κ2) is 7.13. The summed E-state index contributed by atoms with van der Waals surface area (Å²) in [4.78, 5) is 22.5. The number of nitrogens with zero attached hydrogens (tertiary/aromatic N) is 4. The molecule has 1 saturated carbocycles.